The minimum Gasteiger partial charge on any atom is -0.388 e. The Hall–Kier alpha value is -3.41. The van der Waals surface area contributed by atoms with E-state index < -0.39 is 0 Å². The van der Waals surface area contributed by atoms with E-state index >= 15 is 0 Å². The van der Waals surface area contributed by atoms with Crippen LogP contribution in [0.25, 0.3) is 0 Å². The van der Waals surface area contributed by atoms with Gasteiger partial charge in [-0.2, -0.15) is 0 Å². The van der Waals surface area contributed by atoms with Gasteiger partial charge in [0.15, 0.2) is 0 Å². The van der Waals surface area contributed by atoms with Gasteiger partial charge in [-0.05, 0) is 108 Å². The first kappa shape index (κ1) is 35.9. The predicted octanol–water partition coefficient (Wildman–Crippen LogP) is 4.83. The molecule has 4 saturated heterocycles. The summed E-state index contributed by atoms with van der Waals surface area (Å²) in [5, 5.41) is 6.52. The molecule has 2 aromatic heterocycles. The van der Waals surface area contributed by atoms with Crippen molar-refractivity contribution in [2.24, 2.45) is 0 Å². The average Bonchev–Trinajstić information content (AvgIpc) is 3.13. The van der Waals surface area contributed by atoms with Crippen LogP contribution in [0.15, 0.2) is 46.0 Å². The Kier molecular flexibility index (Phi) is 13.3. The van der Waals surface area contributed by atoms with E-state index in [1.54, 1.807) is 12.1 Å². The lowest BCUT2D eigenvalue weighted by atomic mass is 9.93. The van der Waals surface area contributed by atoms with E-state index in [4.69, 9.17) is 9.97 Å². The molecule has 262 valence electrons. The molecule has 0 saturated carbocycles. The molecular weight excluding hydrogens is 626 g/mol. The van der Waals surface area contributed by atoms with E-state index in [0.29, 0.717) is 11.8 Å². The molecule has 4 fully saturated rings. The number of benzene rings is 1. The number of rotatable bonds is 7. The summed E-state index contributed by atoms with van der Waals surface area (Å²) in [5.74, 6) is 2.37. The second-order valence-corrected chi connectivity index (χ2v) is 13.6. The smallest absolute Gasteiger partial charge is 0.252 e. The molecule has 11 nitrogen and oxygen atoms in total. The molecule has 4 aliphatic rings. The van der Waals surface area contributed by atoms with Crippen LogP contribution in [0.3, 0.4) is 0 Å². The lowest BCUT2D eigenvalue weighted by Gasteiger charge is -2.32. The zero-order valence-electron chi connectivity index (χ0n) is 28.5. The van der Waals surface area contributed by atoms with Gasteiger partial charge in [-0.3, -0.25) is 24.5 Å². The third-order valence-corrected chi connectivity index (χ3v) is 10.2. The summed E-state index contributed by atoms with van der Waals surface area (Å²) in [7, 11) is 1.94. The molecule has 48 heavy (non-hydrogen) atoms. The molecule has 12 heteroatoms. The van der Waals surface area contributed by atoms with Crippen molar-refractivity contribution in [2.75, 3.05) is 74.5 Å². The van der Waals surface area contributed by atoms with Crippen LogP contribution in [0.5, 0.6) is 0 Å². The standard InChI is InChI=1S/C22H31N5O.C14H22N4O.ClH/c1-23-19-7-5-17(6-8-19)16-26-13-9-18(10-14-26)20-15-21(28)25-22(24-20)27-11-3-2-4-12-27;19-13-10-12(11-4-6-15-7-5-11)16-14(17-13)18-8-2-1-3-9-18;/h5-8,15,18,23H,2-4,9-14,16H2,1H3,(H,24,25,28);10-11,15H,1-9H2,(H,16,17,19);1H. The summed E-state index contributed by atoms with van der Waals surface area (Å²) in [6.07, 6.45) is 11.6. The Morgan fingerprint density at radius 2 is 1.17 bits per heavy atom. The lowest BCUT2D eigenvalue weighted by molar-refractivity contribution is 0.203. The maximum atomic E-state index is 12.2. The normalized spacial score (nSPS) is 19.6. The number of hydrogen-bond donors (Lipinski definition) is 4. The van der Waals surface area contributed by atoms with Crippen molar-refractivity contribution >= 4 is 30.0 Å². The van der Waals surface area contributed by atoms with Gasteiger partial charge in [0.25, 0.3) is 11.1 Å². The van der Waals surface area contributed by atoms with Crippen molar-refractivity contribution < 1.29 is 0 Å². The molecule has 0 radical (unpaired) electrons. The first-order chi connectivity index (χ1) is 23.0. The molecule has 6 heterocycles. The molecule has 4 aliphatic heterocycles. The highest BCUT2D eigenvalue weighted by Gasteiger charge is 2.24. The van der Waals surface area contributed by atoms with Gasteiger partial charge in [0.05, 0.1) is 11.4 Å². The second-order valence-electron chi connectivity index (χ2n) is 13.6. The van der Waals surface area contributed by atoms with Crippen molar-refractivity contribution in [1.29, 1.82) is 0 Å². The van der Waals surface area contributed by atoms with Gasteiger partial charge in [0, 0.05) is 69.4 Å². The van der Waals surface area contributed by atoms with Gasteiger partial charge in [-0.15, -0.1) is 12.4 Å². The zero-order valence-corrected chi connectivity index (χ0v) is 29.3. The van der Waals surface area contributed by atoms with Crippen molar-refractivity contribution in [2.45, 2.75) is 82.6 Å². The van der Waals surface area contributed by atoms with Crippen LogP contribution in [0.4, 0.5) is 17.6 Å². The van der Waals surface area contributed by atoms with Crippen LogP contribution in [0.1, 0.15) is 93.0 Å². The van der Waals surface area contributed by atoms with Gasteiger partial charge in [0.1, 0.15) is 0 Å². The van der Waals surface area contributed by atoms with Crippen molar-refractivity contribution in [3.8, 4) is 0 Å². The van der Waals surface area contributed by atoms with Gasteiger partial charge in [0.2, 0.25) is 11.9 Å². The fourth-order valence-electron chi connectivity index (χ4n) is 7.39. The first-order valence-corrected chi connectivity index (χ1v) is 18.0. The van der Waals surface area contributed by atoms with E-state index in [2.05, 4.69) is 59.6 Å². The van der Waals surface area contributed by atoms with Crippen LogP contribution in [-0.2, 0) is 6.54 Å². The molecule has 0 bridgehead atoms. The Balaban J connectivity index is 0.000000197. The highest BCUT2D eigenvalue weighted by molar-refractivity contribution is 5.85. The Morgan fingerprint density at radius 3 is 1.65 bits per heavy atom. The van der Waals surface area contributed by atoms with Crippen LogP contribution in [-0.4, -0.2) is 84.2 Å². The monoisotopic (exact) mass is 679 g/mol. The zero-order chi connectivity index (χ0) is 32.4. The molecule has 3 aromatic rings. The van der Waals surface area contributed by atoms with E-state index in [9.17, 15) is 9.59 Å². The van der Waals surface area contributed by atoms with Crippen molar-refractivity contribution in [3.05, 3.63) is 74.1 Å². The Morgan fingerprint density at radius 1 is 0.688 bits per heavy atom. The highest BCUT2D eigenvalue weighted by atomic mass is 35.5. The predicted molar refractivity (Wildman–Crippen MR) is 197 cm³/mol. The molecular formula is C36H54ClN9O2. The maximum Gasteiger partial charge on any atom is 0.252 e. The van der Waals surface area contributed by atoms with E-state index in [1.807, 2.05) is 7.05 Å². The molecule has 1 aromatic carbocycles. The van der Waals surface area contributed by atoms with Crippen LogP contribution in [0, 0.1) is 0 Å². The van der Waals surface area contributed by atoms with Crippen molar-refractivity contribution in [1.82, 2.24) is 30.2 Å². The summed E-state index contributed by atoms with van der Waals surface area (Å²) >= 11 is 0. The third-order valence-electron chi connectivity index (χ3n) is 10.2. The van der Waals surface area contributed by atoms with Crippen LogP contribution < -0.4 is 31.6 Å². The number of hydrogen-bond acceptors (Lipinski definition) is 9. The maximum absolute atomic E-state index is 12.2. The Labute approximate surface area is 290 Å². The largest absolute Gasteiger partial charge is 0.388 e. The molecule has 7 rings (SSSR count). The van der Waals surface area contributed by atoms with E-state index in [0.717, 1.165) is 114 Å². The fourth-order valence-corrected chi connectivity index (χ4v) is 7.39. The van der Waals surface area contributed by atoms with Gasteiger partial charge in [-0.1, -0.05) is 12.1 Å². The number of likely N-dealkylation sites (tertiary alicyclic amines) is 1. The lowest BCUT2D eigenvalue weighted by Crippen LogP contribution is -2.35. The van der Waals surface area contributed by atoms with Crippen LogP contribution >= 0.6 is 12.4 Å². The molecule has 4 N–H and O–H groups in total. The summed E-state index contributed by atoms with van der Waals surface area (Å²) in [5.41, 5.74) is 4.42. The average molecular weight is 680 g/mol. The number of aromatic nitrogens is 4. The number of halogens is 1. The van der Waals surface area contributed by atoms with E-state index in [-0.39, 0.29) is 23.5 Å². The third kappa shape index (κ3) is 9.83. The molecule has 0 spiro atoms. The summed E-state index contributed by atoms with van der Waals surface area (Å²) in [4.78, 5) is 46.5. The Bertz CT molecular complexity index is 1480. The molecule has 0 atom stereocenters. The second kappa shape index (κ2) is 17.8. The molecule has 0 amide bonds. The molecule has 0 aliphatic carbocycles. The fraction of sp³-hybridized carbons (Fsp3) is 0.611. The molecule has 0 unspecified atom stereocenters. The van der Waals surface area contributed by atoms with Gasteiger partial charge in [-0.25, -0.2) is 9.97 Å². The topological polar surface area (TPSA) is 125 Å². The number of aromatic amines is 2. The van der Waals surface area contributed by atoms with Crippen LogP contribution in [0.2, 0.25) is 0 Å². The minimum absolute atomic E-state index is 0. The van der Waals surface area contributed by atoms with Gasteiger partial charge < -0.3 is 20.4 Å². The number of nitrogens with one attached hydrogen (secondary N) is 4. The number of H-pyrrole nitrogens is 2. The van der Waals surface area contributed by atoms with E-state index in [1.165, 1.54) is 44.1 Å². The summed E-state index contributed by atoms with van der Waals surface area (Å²) in [6, 6.07) is 12.0. The van der Waals surface area contributed by atoms with Crippen molar-refractivity contribution in [3.63, 3.8) is 0 Å². The minimum atomic E-state index is -0.0161. The number of piperidine rings is 4. The SMILES string of the molecule is CNc1ccc(CN2CCC(c3cc(=O)[nH]c(N4CCCCC4)n3)CC2)cc1.Cl.O=c1cc(C2CCNCC2)nc(N2CCCCC2)[nH]1. The summed E-state index contributed by atoms with van der Waals surface area (Å²) < 4.78 is 0. The number of nitrogens with zero attached hydrogens (tertiary/aromatic N) is 5. The quantitative estimate of drug-likeness (QED) is 0.278. The number of anilines is 3. The highest BCUT2D eigenvalue weighted by Crippen LogP contribution is 2.28. The van der Waals surface area contributed by atoms with Gasteiger partial charge >= 0.3 is 0 Å². The first-order valence-electron chi connectivity index (χ1n) is 18.0. The summed E-state index contributed by atoms with van der Waals surface area (Å²) in [6.45, 7) is 9.15.